The molecule has 6 nitrogen and oxygen atoms in total. The molecule has 0 bridgehead atoms. The number of anilines is 1. The number of carbonyl (C=O) groups is 1. The molecule has 26 heavy (non-hydrogen) atoms. The molecule has 1 heterocycles. The summed E-state index contributed by atoms with van der Waals surface area (Å²) in [6.07, 6.45) is -0.613. The molecule has 1 aliphatic rings. The number of hydrogen-bond donors (Lipinski definition) is 1. The number of halogens is 2. The van der Waals surface area contributed by atoms with Crippen LogP contribution in [0.1, 0.15) is 12.0 Å². The molecule has 0 spiro atoms. The Balaban J connectivity index is 1.70. The van der Waals surface area contributed by atoms with E-state index in [0.29, 0.717) is 33.5 Å². The average molecular weight is 379 g/mol. The molecule has 0 saturated carbocycles. The molecule has 1 atom stereocenters. The van der Waals surface area contributed by atoms with Gasteiger partial charge in [-0.1, -0.05) is 28.9 Å². The number of ether oxygens (including phenoxy) is 2. The summed E-state index contributed by atoms with van der Waals surface area (Å²) < 4.78 is 23.7. The summed E-state index contributed by atoms with van der Waals surface area (Å²) >= 11 is 6.17. The Bertz CT molecular complexity index is 872. The second kappa shape index (κ2) is 7.61. The van der Waals surface area contributed by atoms with E-state index in [1.807, 2.05) is 0 Å². The normalized spacial score (nSPS) is 15.8. The highest BCUT2D eigenvalue weighted by atomic mass is 35.5. The molecule has 0 radical (unpaired) electrons. The van der Waals surface area contributed by atoms with Crippen LogP contribution in [-0.4, -0.2) is 31.9 Å². The van der Waals surface area contributed by atoms with Crippen molar-refractivity contribution in [2.24, 2.45) is 5.16 Å². The van der Waals surface area contributed by atoms with Gasteiger partial charge in [0.2, 0.25) is 6.10 Å². The van der Waals surface area contributed by atoms with Crippen LogP contribution in [0.5, 0.6) is 11.5 Å². The maximum Gasteiger partial charge on any atom is 0.268 e. The van der Waals surface area contributed by atoms with Crippen LogP contribution >= 0.6 is 11.6 Å². The quantitative estimate of drug-likeness (QED) is 0.862. The molecule has 0 aromatic heterocycles. The fraction of sp³-hybridized carbons (Fsp3) is 0.222. The Morgan fingerprint density at radius 3 is 2.69 bits per heavy atom. The minimum Gasteiger partial charge on any atom is -0.493 e. The highest BCUT2D eigenvalue weighted by Gasteiger charge is 2.29. The highest BCUT2D eigenvalue weighted by molar-refractivity contribution is 6.34. The third-order valence-corrected chi connectivity index (χ3v) is 4.16. The van der Waals surface area contributed by atoms with Crippen LogP contribution in [0.25, 0.3) is 0 Å². The number of methoxy groups -OCH3 is 2. The summed E-state index contributed by atoms with van der Waals surface area (Å²) in [5, 5.41) is 6.86. The number of hydrogen-bond acceptors (Lipinski definition) is 5. The molecule has 0 fully saturated rings. The molecule has 3 rings (SSSR count). The van der Waals surface area contributed by atoms with E-state index in [0.717, 1.165) is 0 Å². The maximum atomic E-state index is 13.3. The lowest BCUT2D eigenvalue weighted by Gasteiger charge is -2.14. The zero-order chi connectivity index (χ0) is 18.7. The van der Waals surface area contributed by atoms with Gasteiger partial charge in [0, 0.05) is 24.1 Å². The van der Waals surface area contributed by atoms with Gasteiger partial charge in [-0.05, 0) is 12.1 Å². The van der Waals surface area contributed by atoms with Crippen molar-refractivity contribution in [3.63, 3.8) is 0 Å². The second-order valence-corrected chi connectivity index (χ2v) is 5.93. The van der Waals surface area contributed by atoms with Crippen molar-refractivity contribution in [1.29, 1.82) is 0 Å². The SMILES string of the molecule is COc1cc(Cl)c(NC(=O)C2CC(c3cccc(F)c3)=NO2)cc1OC. The molecule has 0 aliphatic carbocycles. The first-order valence-corrected chi connectivity index (χ1v) is 8.10. The predicted molar refractivity (Wildman–Crippen MR) is 95.6 cm³/mol. The van der Waals surface area contributed by atoms with Crippen molar-refractivity contribution < 1.29 is 23.5 Å². The Hall–Kier alpha value is -2.80. The molecule has 2 aromatic carbocycles. The maximum absolute atomic E-state index is 13.3. The van der Waals surface area contributed by atoms with Gasteiger partial charge in [0.15, 0.2) is 11.5 Å². The van der Waals surface area contributed by atoms with Crippen LogP contribution in [0.3, 0.4) is 0 Å². The zero-order valence-corrected chi connectivity index (χ0v) is 14.8. The number of nitrogens with zero attached hydrogens (tertiary/aromatic N) is 1. The molecule has 2 aromatic rings. The molecule has 1 amide bonds. The summed E-state index contributed by atoms with van der Waals surface area (Å²) in [6, 6.07) is 9.06. The highest BCUT2D eigenvalue weighted by Crippen LogP contribution is 2.36. The molecule has 136 valence electrons. The van der Waals surface area contributed by atoms with E-state index in [9.17, 15) is 9.18 Å². The van der Waals surface area contributed by atoms with Gasteiger partial charge in [0.1, 0.15) is 5.82 Å². The Morgan fingerprint density at radius 2 is 2.00 bits per heavy atom. The predicted octanol–water partition coefficient (Wildman–Crippen LogP) is 3.63. The largest absolute Gasteiger partial charge is 0.493 e. The third-order valence-electron chi connectivity index (χ3n) is 3.85. The zero-order valence-electron chi connectivity index (χ0n) is 14.1. The van der Waals surface area contributed by atoms with Gasteiger partial charge in [-0.3, -0.25) is 4.79 Å². The van der Waals surface area contributed by atoms with Crippen molar-refractivity contribution in [2.75, 3.05) is 19.5 Å². The summed E-state index contributed by atoms with van der Waals surface area (Å²) in [7, 11) is 2.97. The van der Waals surface area contributed by atoms with Gasteiger partial charge in [-0.2, -0.15) is 0 Å². The van der Waals surface area contributed by atoms with Crippen molar-refractivity contribution in [3.05, 3.63) is 52.8 Å². The summed E-state index contributed by atoms with van der Waals surface area (Å²) in [5.41, 5.74) is 1.43. The van der Waals surface area contributed by atoms with Crippen LogP contribution in [0.2, 0.25) is 5.02 Å². The molecular formula is C18H16ClFN2O4. The Kier molecular flexibility index (Phi) is 5.27. The Morgan fingerprint density at radius 1 is 1.27 bits per heavy atom. The van der Waals surface area contributed by atoms with E-state index in [2.05, 4.69) is 10.5 Å². The van der Waals surface area contributed by atoms with E-state index in [1.54, 1.807) is 24.3 Å². The average Bonchev–Trinajstić information content (AvgIpc) is 3.13. The van der Waals surface area contributed by atoms with E-state index < -0.39 is 12.0 Å². The summed E-state index contributed by atoms with van der Waals surface area (Å²) in [5.74, 6) is 0.0741. The summed E-state index contributed by atoms with van der Waals surface area (Å²) in [4.78, 5) is 17.6. The number of nitrogens with one attached hydrogen (secondary N) is 1. The summed E-state index contributed by atoms with van der Waals surface area (Å²) in [6.45, 7) is 0. The van der Waals surface area contributed by atoms with E-state index in [1.165, 1.54) is 26.4 Å². The molecule has 1 aliphatic heterocycles. The van der Waals surface area contributed by atoms with Crippen LogP contribution in [0.15, 0.2) is 41.6 Å². The van der Waals surface area contributed by atoms with Gasteiger partial charge in [0.25, 0.3) is 5.91 Å². The first kappa shape index (κ1) is 18.0. The number of amides is 1. The monoisotopic (exact) mass is 378 g/mol. The van der Waals surface area contributed by atoms with Gasteiger partial charge in [-0.15, -0.1) is 0 Å². The lowest BCUT2D eigenvalue weighted by Crippen LogP contribution is -2.28. The number of benzene rings is 2. The lowest BCUT2D eigenvalue weighted by molar-refractivity contribution is -0.125. The van der Waals surface area contributed by atoms with Crippen molar-refractivity contribution >= 4 is 28.9 Å². The molecule has 0 saturated heterocycles. The lowest BCUT2D eigenvalue weighted by atomic mass is 10.0. The molecule has 1 N–H and O–H groups in total. The smallest absolute Gasteiger partial charge is 0.268 e. The first-order chi connectivity index (χ1) is 12.5. The standard InChI is InChI=1S/C18H16ClFN2O4/c1-24-15-7-12(19)14(9-16(15)25-2)21-18(23)17-8-13(22-26-17)10-4-3-5-11(20)6-10/h3-7,9,17H,8H2,1-2H3,(H,21,23). The van der Waals surface area contributed by atoms with Gasteiger partial charge in [-0.25, -0.2) is 4.39 Å². The molecule has 8 heteroatoms. The molecule has 1 unspecified atom stereocenters. The topological polar surface area (TPSA) is 69.2 Å². The van der Waals surface area contributed by atoms with Gasteiger partial charge >= 0.3 is 0 Å². The third kappa shape index (κ3) is 3.72. The van der Waals surface area contributed by atoms with Crippen LogP contribution in [-0.2, 0) is 9.63 Å². The second-order valence-electron chi connectivity index (χ2n) is 5.52. The van der Waals surface area contributed by atoms with Gasteiger partial charge in [0.05, 0.1) is 30.6 Å². The Labute approximate surface area is 154 Å². The van der Waals surface area contributed by atoms with Crippen molar-refractivity contribution in [3.8, 4) is 11.5 Å². The van der Waals surface area contributed by atoms with Crippen LogP contribution in [0, 0.1) is 5.82 Å². The number of oxime groups is 1. The van der Waals surface area contributed by atoms with Crippen molar-refractivity contribution in [2.45, 2.75) is 12.5 Å². The first-order valence-electron chi connectivity index (χ1n) is 7.73. The minimum atomic E-state index is -0.836. The molecular weight excluding hydrogens is 363 g/mol. The van der Waals surface area contributed by atoms with Crippen LogP contribution < -0.4 is 14.8 Å². The van der Waals surface area contributed by atoms with E-state index >= 15 is 0 Å². The van der Waals surface area contributed by atoms with E-state index in [-0.39, 0.29) is 12.2 Å². The number of rotatable bonds is 5. The van der Waals surface area contributed by atoms with Crippen molar-refractivity contribution in [1.82, 2.24) is 0 Å². The van der Waals surface area contributed by atoms with Crippen LogP contribution in [0.4, 0.5) is 10.1 Å². The van der Waals surface area contributed by atoms with Gasteiger partial charge < -0.3 is 19.6 Å². The fourth-order valence-electron chi connectivity index (χ4n) is 2.52. The van der Waals surface area contributed by atoms with E-state index in [4.69, 9.17) is 25.9 Å². The number of carbonyl (C=O) groups excluding carboxylic acids is 1. The minimum absolute atomic E-state index is 0.222. The fourth-order valence-corrected chi connectivity index (χ4v) is 2.72.